The summed E-state index contributed by atoms with van der Waals surface area (Å²) >= 11 is 5.44. The molecule has 82 valence electrons. The number of anilines is 1. The molecular formula is C8H7ClF2N2O2. The fourth-order valence-electron chi connectivity index (χ4n) is 1.03. The highest BCUT2D eigenvalue weighted by atomic mass is 35.5. The third kappa shape index (κ3) is 2.33. The van der Waals surface area contributed by atoms with E-state index in [-0.39, 0.29) is 17.3 Å². The standard InChI is InChI=1S/C8H7ClF2N2O2/c9-2-3-1-4(8(14)15)5(6(10)11)13-7(3)12/h1,6H,2H2,(H2,12,13)(H,14,15). The van der Waals surface area contributed by atoms with Crippen LogP contribution in [0.3, 0.4) is 0 Å². The predicted octanol–water partition coefficient (Wildman–Crippen LogP) is 2.04. The maximum Gasteiger partial charge on any atom is 0.337 e. The van der Waals surface area contributed by atoms with Crippen molar-refractivity contribution in [3.63, 3.8) is 0 Å². The van der Waals surface area contributed by atoms with Crippen LogP contribution in [0.1, 0.15) is 28.0 Å². The fraction of sp³-hybridized carbons (Fsp3) is 0.250. The Hall–Kier alpha value is -1.43. The molecule has 0 aliphatic heterocycles. The van der Waals surface area contributed by atoms with E-state index in [0.29, 0.717) is 0 Å². The second-order valence-electron chi connectivity index (χ2n) is 2.71. The molecule has 4 nitrogen and oxygen atoms in total. The van der Waals surface area contributed by atoms with Gasteiger partial charge < -0.3 is 10.8 Å². The Labute approximate surface area is 88.7 Å². The van der Waals surface area contributed by atoms with Crippen molar-refractivity contribution in [3.8, 4) is 0 Å². The number of carbonyl (C=O) groups is 1. The van der Waals surface area contributed by atoms with Gasteiger partial charge in [0.05, 0.1) is 11.4 Å². The lowest BCUT2D eigenvalue weighted by molar-refractivity contribution is 0.0682. The molecule has 0 aliphatic carbocycles. The molecule has 7 heteroatoms. The minimum Gasteiger partial charge on any atom is -0.478 e. The van der Waals surface area contributed by atoms with Crippen LogP contribution in [-0.4, -0.2) is 16.1 Å². The molecule has 0 atom stereocenters. The number of carboxylic acids is 1. The molecule has 1 aromatic heterocycles. The van der Waals surface area contributed by atoms with Gasteiger partial charge in [-0.3, -0.25) is 0 Å². The van der Waals surface area contributed by atoms with E-state index in [4.69, 9.17) is 22.4 Å². The van der Waals surface area contributed by atoms with Gasteiger partial charge in [-0.05, 0) is 6.07 Å². The Balaban J connectivity index is 3.39. The Bertz CT molecular complexity index is 398. The minimum atomic E-state index is -2.98. The van der Waals surface area contributed by atoms with Crippen LogP contribution in [0.4, 0.5) is 14.6 Å². The highest BCUT2D eigenvalue weighted by Gasteiger charge is 2.21. The van der Waals surface area contributed by atoms with Crippen molar-refractivity contribution >= 4 is 23.4 Å². The van der Waals surface area contributed by atoms with E-state index in [1.807, 2.05) is 0 Å². The normalized spacial score (nSPS) is 10.7. The zero-order valence-electron chi connectivity index (χ0n) is 7.38. The van der Waals surface area contributed by atoms with E-state index in [2.05, 4.69) is 4.98 Å². The Morgan fingerprint density at radius 1 is 1.67 bits per heavy atom. The number of aromatic carboxylic acids is 1. The van der Waals surface area contributed by atoms with Gasteiger partial charge >= 0.3 is 5.97 Å². The number of aromatic nitrogens is 1. The third-order valence-electron chi connectivity index (χ3n) is 1.75. The first-order valence-corrected chi connectivity index (χ1v) is 4.37. The number of rotatable bonds is 3. The molecule has 0 unspecified atom stereocenters. The quantitative estimate of drug-likeness (QED) is 0.788. The molecule has 0 amide bonds. The lowest BCUT2D eigenvalue weighted by atomic mass is 10.1. The van der Waals surface area contributed by atoms with E-state index in [0.717, 1.165) is 6.07 Å². The first kappa shape index (κ1) is 11.6. The summed E-state index contributed by atoms with van der Waals surface area (Å²) in [6.07, 6.45) is -2.98. The van der Waals surface area contributed by atoms with Gasteiger partial charge in [-0.15, -0.1) is 11.6 Å². The maximum atomic E-state index is 12.4. The van der Waals surface area contributed by atoms with Gasteiger partial charge in [0.2, 0.25) is 0 Å². The molecular weight excluding hydrogens is 230 g/mol. The first-order chi connectivity index (χ1) is 6.97. The van der Waals surface area contributed by atoms with Crippen molar-refractivity contribution < 1.29 is 18.7 Å². The van der Waals surface area contributed by atoms with E-state index in [9.17, 15) is 13.6 Å². The molecule has 1 aromatic rings. The van der Waals surface area contributed by atoms with Crippen molar-refractivity contribution in [2.24, 2.45) is 0 Å². The Morgan fingerprint density at radius 3 is 2.67 bits per heavy atom. The van der Waals surface area contributed by atoms with Crippen molar-refractivity contribution in [1.82, 2.24) is 4.98 Å². The number of hydrogen-bond donors (Lipinski definition) is 2. The van der Waals surface area contributed by atoms with Crippen LogP contribution in [0.15, 0.2) is 6.07 Å². The molecule has 1 rings (SSSR count). The predicted molar refractivity (Wildman–Crippen MR) is 50.1 cm³/mol. The van der Waals surface area contributed by atoms with Gasteiger partial charge in [-0.25, -0.2) is 18.6 Å². The van der Waals surface area contributed by atoms with E-state index in [1.54, 1.807) is 0 Å². The SMILES string of the molecule is Nc1nc(C(F)F)c(C(=O)O)cc1CCl. The summed E-state index contributed by atoms with van der Waals surface area (Å²) in [5.41, 5.74) is 4.12. The van der Waals surface area contributed by atoms with Gasteiger partial charge in [0, 0.05) is 5.56 Å². The third-order valence-corrected chi connectivity index (χ3v) is 2.03. The molecule has 0 fully saturated rings. The zero-order valence-corrected chi connectivity index (χ0v) is 8.13. The van der Waals surface area contributed by atoms with Crippen LogP contribution in [0.5, 0.6) is 0 Å². The number of pyridine rings is 1. The van der Waals surface area contributed by atoms with E-state index in [1.165, 1.54) is 0 Å². The number of nitrogen functional groups attached to an aromatic ring is 1. The number of carboxylic acid groups (broad SMARTS) is 1. The van der Waals surface area contributed by atoms with Gasteiger partial charge in [-0.1, -0.05) is 0 Å². The van der Waals surface area contributed by atoms with Crippen LogP contribution in [0.25, 0.3) is 0 Å². The summed E-state index contributed by atoms with van der Waals surface area (Å²) in [6.45, 7) is 0. The van der Waals surface area contributed by atoms with Gasteiger partial charge in [0.25, 0.3) is 6.43 Å². The van der Waals surface area contributed by atoms with Gasteiger partial charge in [0.1, 0.15) is 11.5 Å². The molecule has 0 bridgehead atoms. The number of hydrogen-bond acceptors (Lipinski definition) is 3. The number of halogens is 3. The van der Waals surface area contributed by atoms with E-state index < -0.39 is 23.7 Å². The Kier molecular flexibility index (Phi) is 3.41. The minimum absolute atomic E-state index is 0.0807. The molecule has 15 heavy (non-hydrogen) atoms. The molecule has 1 heterocycles. The van der Waals surface area contributed by atoms with Crippen LogP contribution < -0.4 is 5.73 Å². The summed E-state index contributed by atoms with van der Waals surface area (Å²) in [7, 11) is 0. The summed E-state index contributed by atoms with van der Waals surface area (Å²) in [6, 6.07) is 1.01. The maximum absolute atomic E-state index is 12.4. The largest absolute Gasteiger partial charge is 0.478 e. The van der Waals surface area contributed by atoms with Crippen molar-refractivity contribution in [2.75, 3.05) is 5.73 Å². The molecule has 0 aliphatic rings. The van der Waals surface area contributed by atoms with Crippen molar-refractivity contribution in [2.45, 2.75) is 12.3 Å². The number of nitrogens with zero attached hydrogens (tertiary/aromatic N) is 1. The van der Waals surface area contributed by atoms with Gasteiger partial charge in [-0.2, -0.15) is 0 Å². The first-order valence-electron chi connectivity index (χ1n) is 3.84. The van der Waals surface area contributed by atoms with Crippen molar-refractivity contribution in [1.29, 1.82) is 0 Å². The molecule has 0 saturated carbocycles. The lowest BCUT2D eigenvalue weighted by Crippen LogP contribution is -2.09. The topological polar surface area (TPSA) is 76.2 Å². The smallest absolute Gasteiger partial charge is 0.337 e. The molecule has 3 N–H and O–H groups in total. The summed E-state index contributed by atoms with van der Waals surface area (Å²) < 4.78 is 24.8. The molecule has 0 spiro atoms. The van der Waals surface area contributed by atoms with E-state index >= 15 is 0 Å². The molecule has 0 radical (unpaired) electrons. The van der Waals surface area contributed by atoms with Gasteiger partial charge in [0.15, 0.2) is 0 Å². The fourth-order valence-corrected chi connectivity index (χ4v) is 1.24. The van der Waals surface area contributed by atoms with Crippen molar-refractivity contribution in [3.05, 3.63) is 22.9 Å². The monoisotopic (exact) mass is 236 g/mol. The highest BCUT2D eigenvalue weighted by Crippen LogP contribution is 2.25. The molecule has 0 saturated heterocycles. The average molecular weight is 237 g/mol. The summed E-state index contributed by atoms with van der Waals surface area (Å²) in [5, 5.41) is 8.67. The lowest BCUT2D eigenvalue weighted by Gasteiger charge is -2.08. The summed E-state index contributed by atoms with van der Waals surface area (Å²) in [5.74, 6) is -1.74. The Morgan fingerprint density at radius 2 is 2.27 bits per heavy atom. The zero-order chi connectivity index (χ0) is 11.6. The average Bonchev–Trinajstić information content (AvgIpc) is 2.16. The number of nitrogens with two attached hydrogens (primary N) is 1. The van der Waals surface area contributed by atoms with Crippen LogP contribution in [0.2, 0.25) is 0 Å². The molecule has 0 aromatic carbocycles. The summed E-state index contributed by atoms with van der Waals surface area (Å²) in [4.78, 5) is 14.0. The second-order valence-corrected chi connectivity index (χ2v) is 2.97. The van der Waals surface area contributed by atoms with Crippen LogP contribution in [-0.2, 0) is 5.88 Å². The second kappa shape index (κ2) is 4.39. The van der Waals surface area contributed by atoms with Crippen LogP contribution >= 0.6 is 11.6 Å². The van der Waals surface area contributed by atoms with Crippen LogP contribution in [0, 0.1) is 0 Å². The number of alkyl halides is 3. The highest BCUT2D eigenvalue weighted by molar-refractivity contribution is 6.17.